The molecule has 0 aromatic heterocycles. The summed E-state index contributed by atoms with van der Waals surface area (Å²) in [4.78, 5) is 0. The van der Waals surface area contributed by atoms with Crippen LogP contribution in [0.1, 0.15) is 0 Å². The van der Waals surface area contributed by atoms with Crippen molar-refractivity contribution in [3.05, 3.63) is 0 Å². The van der Waals surface area contributed by atoms with E-state index in [9.17, 15) is 0 Å². The minimum Gasteiger partial charge on any atom is -0.306 e. The van der Waals surface area contributed by atoms with Gasteiger partial charge >= 0.3 is 0 Å². The third kappa shape index (κ3) is 4.66. The van der Waals surface area contributed by atoms with Gasteiger partial charge in [-0.15, -0.1) is 12.4 Å². The lowest BCUT2D eigenvalue weighted by Gasteiger charge is -2.24. The van der Waals surface area contributed by atoms with Crippen LogP contribution in [-0.4, -0.2) is 32.1 Å². The molecule has 0 saturated carbocycles. The summed E-state index contributed by atoms with van der Waals surface area (Å²) in [6, 6.07) is 0. The maximum Gasteiger partial charge on any atom is 0.208 e. The summed E-state index contributed by atoms with van der Waals surface area (Å²) >= 11 is 0. The van der Waals surface area contributed by atoms with Gasteiger partial charge in [0.15, 0.2) is 5.81 Å². The van der Waals surface area contributed by atoms with Gasteiger partial charge in [-0.2, -0.15) is 5.26 Å². The largest absolute Gasteiger partial charge is 0.306 e. The lowest BCUT2D eigenvalue weighted by atomic mass is 11.0. The van der Waals surface area contributed by atoms with Crippen LogP contribution in [0.15, 0.2) is 0 Å². The zero-order valence-corrected chi connectivity index (χ0v) is 7.96. The van der Waals surface area contributed by atoms with E-state index in [1.807, 2.05) is 27.8 Å². The molecular formula is C5H13ClN2P+. The predicted octanol–water partition coefficient (Wildman–Crippen LogP) is 1.62. The Kier molecular flexibility index (Phi) is 5.37. The standard InChI is InChI=1S/C5H12N2P.ClH/c1-7(2,3)8(4)5-6;/h1-4H3;1H/q+1;. The molecule has 0 radical (unpaired) electrons. The zero-order valence-electron chi connectivity index (χ0n) is 6.25. The molecule has 0 saturated heterocycles. The summed E-state index contributed by atoms with van der Waals surface area (Å²) in [6.45, 7) is 1.98. The first-order chi connectivity index (χ1) is 3.48. The third-order valence-corrected chi connectivity index (χ3v) is 3.13. The first kappa shape index (κ1) is 11.9. The van der Waals surface area contributed by atoms with E-state index in [1.165, 1.54) is 0 Å². The maximum absolute atomic E-state index is 8.43. The van der Waals surface area contributed by atoms with E-state index in [0.717, 1.165) is 4.25 Å². The van der Waals surface area contributed by atoms with Gasteiger partial charge in [-0.3, -0.25) is 0 Å². The highest BCUT2D eigenvalue weighted by molar-refractivity contribution is 7.56. The molecular weight excluding hydrogens is 154 g/mol. The quantitative estimate of drug-likeness (QED) is 0.545. The number of hydrogen-bond donors (Lipinski definition) is 0. The van der Waals surface area contributed by atoms with Crippen LogP contribution in [0.4, 0.5) is 0 Å². The molecule has 9 heavy (non-hydrogen) atoms. The molecule has 0 aliphatic rings. The molecule has 2 nitrogen and oxygen atoms in total. The summed E-state index contributed by atoms with van der Waals surface area (Å²) in [7, 11) is 5.63. The van der Waals surface area contributed by atoms with Crippen molar-refractivity contribution in [2.45, 2.75) is 0 Å². The van der Waals surface area contributed by atoms with Crippen LogP contribution >= 0.6 is 20.5 Å². The summed E-state index contributed by atoms with van der Waals surface area (Å²) in [5.74, 6) is 2.24. The molecule has 0 rings (SSSR count). The van der Waals surface area contributed by atoms with E-state index in [4.69, 9.17) is 5.26 Å². The normalized spacial score (nSPS) is 13.2. The molecule has 0 heterocycles. The predicted molar refractivity (Wildman–Crippen MR) is 43.7 cm³/mol. The number of hydrogen-bond acceptors (Lipinski definition) is 1. The maximum atomic E-state index is 8.43. The Morgan fingerprint density at radius 2 is 1.67 bits per heavy atom. The highest BCUT2D eigenvalue weighted by Crippen LogP contribution is 2.36. The van der Waals surface area contributed by atoms with E-state index >= 15 is 0 Å². The van der Waals surface area contributed by atoms with Crippen molar-refractivity contribution >= 4 is 20.5 Å². The fourth-order valence-electron chi connectivity index (χ4n) is 0.134. The van der Waals surface area contributed by atoms with Crippen LogP contribution in [-0.2, 0) is 0 Å². The third-order valence-electron chi connectivity index (χ3n) is 1.04. The van der Waals surface area contributed by atoms with Crippen LogP contribution in [0.3, 0.4) is 0 Å². The van der Waals surface area contributed by atoms with Crippen LogP contribution in [0.5, 0.6) is 0 Å². The molecule has 0 spiro atoms. The monoisotopic (exact) mass is 167 g/mol. The second-order valence-electron chi connectivity index (χ2n) is 2.57. The number of quaternary nitrogens is 1. The van der Waals surface area contributed by atoms with Gasteiger partial charge in [0.1, 0.15) is 0 Å². The average Bonchev–Trinajstić information content (AvgIpc) is 1.62. The number of nitriles is 1. The Balaban J connectivity index is 0. The summed E-state index contributed by atoms with van der Waals surface area (Å²) < 4.78 is 0.784. The topological polar surface area (TPSA) is 23.8 Å². The van der Waals surface area contributed by atoms with Gasteiger partial charge in [0, 0.05) is 6.66 Å². The SMILES string of the molecule is CP(C#N)[N+](C)(C)C.Cl. The lowest BCUT2D eigenvalue weighted by Crippen LogP contribution is -2.26. The second-order valence-corrected chi connectivity index (χ2v) is 5.01. The molecule has 1 unspecified atom stereocenters. The minimum absolute atomic E-state index is 0. The van der Waals surface area contributed by atoms with E-state index in [1.54, 1.807) is 0 Å². The van der Waals surface area contributed by atoms with Crippen molar-refractivity contribution in [3.63, 3.8) is 0 Å². The molecule has 0 aliphatic carbocycles. The Morgan fingerprint density at radius 3 is 1.67 bits per heavy atom. The van der Waals surface area contributed by atoms with E-state index in [-0.39, 0.29) is 12.4 Å². The van der Waals surface area contributed by atoms with Crippen LogP contribution in [0.25, 0.3) is 0 Å². The lowest BCUT2D eigenvalue weighted by molar-refractivity contribution is -0.738. The van der Waals surface area contributed by atoms with Crippen molar-refractivity contribution in [3.8, 4) is 5.81 Å². The van der Waals surface area contributed by atoms with E-state index in [2.05, 4.69) is 5.81 Å². The molecule has 0 fully saturated rings. The van der Waals surface area contributed by atoms with Gasteiger partial charge in [0.25, 0.3) is 0 Å². The van der Waals surface area contributed by atoms with Crippen molar-refractivity contribution in [2.24, 2.45) is 0 Å². The van der Waals surface area contributed by atoms with Crippen molar-refractivity contribution < 1.29 is 4.25 Å². The van der Waals surface area contributed by atoms with Gasteiger partial charge in [0.05, 0.1) is 21.1 Å². The van der Waals surface area contributed by atoms with Crippen molar-refractivity contribution in [2.75, 3.05) is 27.8 Å². The highest BCUT2D eigenvalue weighted by Gasteiger charge is 2.17. The van der Waals surface area contributed by atoms with Gasteiger partial charge in [-0.05, 0) is 0 Å². The average molecular weight is 168 g/mol. The number of rotatable bonds is 1. The molecule has 4 heteroatoms. The Labute approximate surface area is 64.3 Å². The van der Waals surface area contributed by atoms with Gasteiger partial charge < -0.3 is 4.25 Å². The fraction of sp³-hybridized carbons (Fsp3) is 0.800. The van der Waals surface area contributed by atoms with Crippen LogP contribution in [0, 0.1) is 11.1 Å². The molecule has 0 N–H and O–H groups in total. The molecule has 0 amide bonds. The number of nitrogens with zero attached hydrogens (tertiary/aromatic N) is 2. The Morgan fingerprint density at radius 1 is 1.33 bits per heavy atom. The summed E-state index contributed by atoms with van der Waals surface area (Å²) in [6.07, 6.45) is 0. The Hall–Kier alpha value is 0.170. The molecule has 54 valence electrons. The summed E-state index contributed by atoms with van der Waals surface area (Å²) in [5.41, 5.74) is 0. The second kappa shape index (κ2) is 4.06. The van der Waals surface area contributed by atoms with Gasteiger partial charge in [0.2, 0.25) is 8.07 Å². The van der Waals surface area contributed by atoms with Crippen LogP contribution < -0.4 is 0 Å². The smallest absolute Gasteiger partial charge is 0.208 e. The van der Waals surface area contributed by atoms with Crippen molar-refractivity contribution in [1.29, 1.82) is 5.26 Å². The first-order valence-corrected chi connectivity index (χ1v) is 4.18. The number of halogens is 1. The molecule has 1 atom stereocenters. The zero-order chi connectivity index (χ0) is 6.78. The van der Waals surface area contributed by atoms with E-state index in [0.29, 0.717) is 0 Å². The highest BCUT2D eigenvalue weighted by atomic mass is 35.5. The molecule has 0 aromatic rings. The Bertz CT molecular complexity index is 113. The van der Waals surface area contributed by atoms with Gasteiger partial charge in [-0.25, -0.2) is 0 Å². The summed E-state index contributed by atoms with van der Waals surface area (Å²) in [5, 5.41) is 8.43. The molecule has 0 aliphatic heterocycles. The molecule has 0 bridgehead atoms. The fourth-order valence-corrected chi connectivity index (χ4v) is 0.402. The minimum atomic E-state index is -0.476. The molecule has 0 aromatic carbocycles. The first-order valence-electron chi connectivity index (χ1n) is 2.44. The van der Waals surface area contributed by atoms with E-state index < -0.39 is 8.07 Å². The van der Waals surface area contributed by atoms with Crippen LogP contribution in [0.2, 0.25) is 0 Å². The van der Waals surface area contributed by atoms with Gasteiger partial charge in [-0.1, -0.05) is 0 Å². The van der Waals surface area contributed by atoms with Crippen molar-refractivity contribution in [1.82, 2.24) is 0 Å².